The molecule has 0 bridgehead atoms. The van der Waals surface area contributed by atoms with Crippen molar-refractivity contribution in [2.24, 2.45) is 0 Å². The predicted octanol–water partition coefficient (Wildman–Crippen LogP) is 2.72. The Labute approximate surface area is 101 Å². The van der Waals surface area contributed by atoms with Crippen LogP contribution < -0.4 is 0 Å². The highest BCUT2D eigenvalue weighted by Gasteiger charge is 1.97. The van der Waals surface area contributed by atoms with Crippen molar-refractivity contribution in [1.82, 2.24) is 0 Å². The lowest BCUT2D eigenvalue weighted by molar-refractivity contribution is -0.137. The third-order valence-electron chi connectivity index (χ3n) is 1.86. The molecule has 0 spiro atoms. The van der Waals surface area contributed by atoms with Crippen molar-refractivity contribution in [2.45, 2.75) is 25.7 Å². The quantitative estimate of drug-likeness (QED) is 0.354. The molecule has 0 aliphatic heterocycles. The summed E-state index contributed by atoms with van der Waals surface area (Å²) in [6.45, 7) is 7.15. The molecule has 0 saturated carbocycles. The molecule has 0 rings (SSSR count). The number of rotatable bonds is 9. The van der Waals surface area contributed by atoms with Crippen molar-refractivity contribution in [3.05, 3.63) is 25.3 Å². The second-order valence-electron chi connectivity index (χ2n) is 3.16. The Bertz CT molecular complexity index is 223. The number of esters is 1. The van der Waals surface area contributed by atoms with E-state index in [2.05, 4.69) is 13.2 Å². The Morgan fingerprint density at radius 3 is 2.38 bits per heavy atom. The third-order valence-corrected chi connectivity index (χ3v) is 2.80. The molecule has 0 saturated heterocycles. The van der Waals surface area contributed by atoms with Gasteiger partial charge in [-0.3, -0.25) is 4.79 Å². The molecule has 3 nitrogen and oxygen atoms in total. The summed E-state index contributed by atoms with van der Waals surface area (Å²) in [6, 6.07) is 0. The first-order valence-corrected chi connectivity index (χ1v) is 6.27. The molecule has 0 aromatic rings. The van der Waals surface area contributed by atoms with Crippen molar-refractivity contribution < 1.29 is 14.3 Å². The molecule has 0 amide bonds. The average Bonchev–Trinajstić information content (AvgIpc) is 2.31. The molecule has 0 aliphatic rings. The largest absolute Gasteiger partial charge is 0.463 e. The standard InChI is InChI=1S/C12H18O3S/c1-3-11(13)15-9-7-5-6-8-10-16-12(14)4-2/h3-4H,1-2,5-10H2. The number of unbranched alkanes of at least 4 members (excludes halogenated alkanes) is 3. The van der Waals surface area contributed by atoms with Gasteiger partial charge in [-0.1, -0.05) is 37.8 Å². The van der Waals surface area contributed by atoms with Crippen LogP contribution in [0.5, 0.6) is 0 Å². The minimum atomic E-state index is -0.368. The van der Waals surface area contributed by atoms with Crippen LogP contribution in [0, 0.1) is 0 Å². The lowest BCUT2D eigenvalue weighted by Crippen LogP contribution is -2.01. The SMILES string of the molecule is C=CC(=O)OCCCCCCSC(=O)C=C. The Hall–Kier alpha value is -1.03. The highest BCUT2D eigenvalue weighted by Crippen LogP contribution is 2.09. The topological polar surface area (TPSA) is 43.4 Å². The van der Waals surface area contributed by atoms with Crippen LogP contribution in [0.2, 0.25) is 0 Å². The summed E-state index contributed by atoms with van der Waals surface area (Å²) in [5, 5.41) is 0.0277. The summed E-state index contributed by atoms with van der Waals surface area (Å²) in [7, 11) is 0. The lowest BCUT2D eigenvalue weighted by atomic mass is 10.2. The summed E-state index contributed by atoms with van der Waals surface area (Å²) in [5.41, 5.74) is 0. The van der Waals surface area contributed by atoms with Crippen molar-refractivity contribution in [1.29, 1.82) is 0 Å². The van der Waals surface area contributed by atoms with E-state index in [9.17, 15) is 9.59 Å². The zero-order valence-corrected chi connectivity index (χ0v) is 10.3. The van der Waals surface area contributed by atoms with Crippen molar-refractivity contribution in [3.8, 4) is 0 Å². The van der Waals surface area contributed by atoms with Gasteiger partial charge in [0, 0.05) is 11.8 Å². The molecule has 0 N–H and O–H groups in total. The highest BCUT2D eigenvalue weighted by molar-refractivity contribution is 8.14. The third kappa shape index (κ3) is 9.52. The molecule has 4 heteroatoms. The predicted molar refractivity (Wildman–Crippen MR) is 67.3 cm³/mol. The van der Waals surface area contributed by atoms with E-state index in [1.807, 2.05) is 0 Å². The zero-order chi connectivity index (χ0) is 12.2. The number of carbonyl (C=O) groups is 2. The maximum Gasteiger partial charge on any atom is 0.330 e. The fourth-order valence-electron chi connectivity index (χ4n) is 1.02. The summed E-state index contributed by atoms with van der Waals surface area (Å²) in [5.74, 6) is 0.462. The lowest BCUT2D eigenvalue weighted by Gasteiger charge is -2.01. The molecule has 0 atom stereocenters. The average molecular weight is 242 g/mol. The molecule has 0 aliphatic carbocycles. The maximum absolute atomic E-state index is 10.8. The van der Waals surface area contributed by atoms with Gasteiger partial charge < -0.3 is 4.74 Å². The van der Waals surface area contributed by atoms with Gasteiger partial charge in [-0.05, 0) is 18.9 Å². The van der Waals surface area contributed by atoms with Gasteiger partial charge >= 0.3 is 5.97 Å². The smallest absolute Gasteiger partial charge is 0.330 e. The normalized spacial score (nSPS) is 9.50. The van der Waals surface area contributed by atoms with Gasteiger partial charge in [-0.15, -0.1) is 0 Å². The van der Waals surface area contributed by atoms with Crippen LogP contribution in [0.15, 0.2) is 25.3 Å². The fourth-order valence-corrected chi connectivity index (χ4v) is 1.69. The second kappa shape index (κ2) is 10.5. The van der Waals surface area contributed by atoms with E-state index < -0.39 is 0 Å². The van der Waals surface area contributed by atoms with E-state index >= 15 is 0 Å². The number of hydrogen-bond acceptors (Lipinski definition) is 4. The van der Waals surface area contributed by atoms with E-state index in [0.29, 0.717) is 6.61 Å². The first-order valence-electron chi connectivity index (χ1n) is 5.29. The van der Waals surface area contributed by atoms with Gasteiger partial charge in [0.1, 0.15) is 0 Å². The molecule has 0 fully saturated rings. The van der Waals surface area contributed by atoms with Gasteiger partial charge in [0.15, 0.2) is 0 Å². The van der Waals surface area contributed by atoms with Crippen LogP contribution in [-0.4, -0.2) is 23.4 Å². The van der Waals surface area contributed by atoms with Gasteiger partial charge in [0.25, 0.3) is 0 Å². The van der Waals surface area contributed by atoms with Gasteiger partial charge in [-0.2, -0.15) is 0 Å². The molecule has 16 heavy (non-hydrogen) atoms. The summed E-state index contributed by atoms with van der Waals surface area (Å²) >= 11 is 1.29. The number of ether oxygens (including phenoxy) is 1. The number of thioether (sulfide) groups is 1. The Kier molecular flexibility index (Phi) is 9.81. The van der Waals surface area contributed by atoms with Crippen LogP contribution in [0.1, 0.15) is 25.7 Å². The molecule has 0 aromatic carbocycles. The Morgan fingerprint density at radius 2 is 1.75 bits per heavy atom. The summed E-state index contributed by atoms with van der Waals surface area (Å²) in [6.07, 6.45) is 6.41. The van der Waals surface area contributed by atoms with E-state index in [1.165, 1.54) is 17.8 Å². The maximum atomic E-state index is 10.8. The fraction of sp³-hybridized carbons (Fsp3) is 0.500. The monoisotopic (exact) mass is 242 g/mol. The minimum absolute atomic E-state index is 0.0277. The Morgan fingerprint density at radius 1 is 1.06 bits per heavy atom. The molecule has 0 aromatic heterocycles. The molecule has 0 radical (unpaired) electrons. The number of carbonyl (C=O) groups excluding carboxylic acids is 2. The first-order chi connectivity index (χ1) is 7.70. The summed E-state index contributed by atoms with van der Waals surface area (Å²) in [4.78, 5) is 21.5. The van der Waals surface area contributed by atoms with Crippen LogP contribution in [0.3, 0.4) is 0 Å². The molecule has 0 unspecified atom stereocenters. The molecule has 90 valence electrons. The van der Waals surface area contributed by atoms with Gasteiger partial charge in [-0.25, -0.2) is 4.79 Å². The first kappa shape index (κ1) is 15.0. The summed E-state index contributed by atoms with van der Waals surface area (Å²) < 4.78 is 4.82. The van der Waals surface area contributed by atoms with Crippen molar-refractivity contribution in [3.63, 3.8) is 0 Å². The van der Waals surface area contributed by atoms with E-state index in [0.717, 1.165) is 37.5 Å². The zero-order valence-electron chi connectivity index (χ0n) is 9.44. The molecular weight excluding hydrogens is 224 g/mol. The minimum Gasteiger partial charge on any atom is -0.463 e. The van der Waals surface area contributed by atoms with Crippen LogP contribution in [0.25, 0.3) is 0 Å². The molecular formula is C12H18O3S. The van der Waals surface area contributed by atoms with E-state index in [-0.39, 0.29) is 11.1 Å². The van der Waals surface area contributed by atoms with Crippen molar-refractivity contribution >= 4 is 22.8 Å². The van der Waals surface area contributed by atoms with Crippen LogP contribution >= 0.6 is 11.8 Å². The number of hydrogen-bond donors (Lipinski definition) is 0. The van der Waals surface area contributed by atoms with Crippen LogP contribution in [-0.2, 0) is 14.3 Å². The van der Waals surface area contributed by atoms with Gasteiger partial charge in [0.2, 0.25) is 5.12 Å². The highest BCUT2D eigenvalue weighted by atomic mass is 32.2. The van der Waals surface area contributed by atoms with E-state index in [4.69, 9.17) is 4.74 Å². The van der Waals surface area contributed by atoms with Gasteiger partial charge in [0.05, 0.1) is 6.61 Å². The molecule has 0 heterocycles. The van der Waals surface area contributed by atoms with E-state index in [1.54, 1.807) is 0 Å². The second-order valence-corrected chi connectivity index (χ2v) is 4.26. The van der Waals surface area contributed by atoms with Crippen LogP contribution in [0.4, 0.5) is 0 Å². The van der Waals surface area contributed by atoms with Crippen molar-refractivity contribution in [2.75, 3.05) is 12.4 Å². The Balaban J connectivity index is 3.15.